The van der Waals surface area contributed by atoms with Gasteiger partial charge in [0.05, 0.1) is 13.7 Å². The number of imide groups is 1. The summed E-state index contributed by atoms with van der Waals surface area (Å²) in [5, 5.41) is 9.64. The summed E-state index contributed by atoms with van der Waals surface area (Å²) in [6.45, 7) is 4.13. The van der Waals surface area contributed by atoms with Crippen LogP contribution in [0.2, 0.25) is 0 Å². The minimum absolute atomic E-state index is 0.0400. The molecule has 0 saturated heterocycles. The summed E-state index contributed by atoms with van der Waals surface area (Å²) in [5.41, 5.74) is 4.30. The molecule has 0 radical (unpaired) electrons. The van der Waals surface area contributed by atoms with E-state index in [1.54, 1.807) is 32.2 Å². The molecule has 180 valence electrons. The fourth-order valence-electron chi connectivity index (χ4n) is 3.94. The zero-order valence-corrected chi connectivity index (χ0v) is 20.4. The van der Waals surface area contributed by atoms with Crippen LogP contribution in [0.15, 0.2) is 89.5 Å². The van der Waals surface area contributed by atoms with Crippen LogP contribution in [-0.2, 0) is 22.7 Å². The molecule has 3 aromatic rings. The lowest BCUT2D eigenvalue weighted by molar-refractivity contribution is -0.141. The van der Waals surface area contributed by atoms with Crippen molar-refractivity contribution < 1.29 is 19.1 Å². The van der Waals surface area contributed by atoms with E-state index in [4.69, 9.17) is 9.47 Å². The molecular formula is C30H26N2O4. The van der Waals surface area contributed by atoms with Crippen LogP contribution in [-0.4, -0.2) is 23.8 Å². The van der Waals surface area contributed by atoms with Crippen molar-refractivity contribution >= 4 is 17.9 Å². The van der Waals surface area contributed by atoms with Gasteiger partial charge in [-0.3, -0.25) is 14.5 Å². The van der Waals surface area contributed by atoms with Gasteiger partial charge in [-0.15, -0.1) is 0 Å². The molecule has 1 aliphatic rings. The molecule has 36 heavy (non-hydrogen) atoms. The van der Waals surface area contributed by atoms with E-state index in [9.17, 15) is 14.9 Å². The van der Waals surface area contributed by atoms with Crippen molar-refractivity contribution in [1.29, 1.82) is 5.26 Å². The van der Waals surface area contributed by atoms with Crippen molar-refractivity contribution in [2.45, 2.75) is 27.0 Å². The lowest BCUT2D eigenvalue weighted by Crippen LogP contribution is -2.42. The number of hydrogen-bond acceptors (Lipinski definition) is 5. The molecule has 6 nitrogen and oxygen atoms in total. The lowest BCUT2D eigenvalue weighted by atomic mass is 9.93. The van der Waals surface area contributed by atoms with Crippen molar-refractivity contribution in [1.82, 2.24) is 4.90 Å². The summed E-state index contributed by atoms with van der Waals surface area (Å²) < 4.78 is 11.5. The van der Waals surface area contributed by atoms with Gasteiger partial charge in [-0.1, -0.05) is 66.2 Å². The fraction of sp³-hybridized carbons (Fsp3) is 0.167. The highest BCUT2D eigenvalue weighted by Gasteiger charge is 2.35. The third-order valence-corrected chi connectivity index (χ3v) is 6.02. The minimum atomic E-state index is -0.585. The van der Waals surface area contributed by atoms with Crippen molar-refractivity contribution in [2.24, 2.45) is 0 Å². The maximum atomic E-state index is 13.4. The average Bonchev–Trinajstić information content (AvgIpc) is 2.90. The summed E-state index contributed by atoms with van der Waals surface area (Å²) in [6.07, 6.45) is 1.67. The lowest BCUT2D eigenvalue weighted by Gasteiger charge is -2.27. The highest BCUT2D eigenvalue weighted by atomic mass is 16.5. The number of rotatable bonds is 7. The highest BCUT2D eigenvalue weighted by molar-refractivity contribution is 6.19. The molecule has 4 rings (SSSR count). The number of methoxy groups -OCH3 is 1. The number of nitrogens with zero attached hydrogens (tertiary/aromatic N) is 2. The van der Waals surface area contributed by atoms with Gasteiger partial charge in [0.1, 0.15) is 18.2 Å². The first-order valence-electron chi connectivity index (χ1n) is 11.5. The first-order chi connectivity index (χ1) is 17.4. The second-order valence-electron chi connectivity index (χ2n) is 8.54. The van der Waals surface area contributed by atoms with E-state index in [1.165, 1.54) is 5.56 Å². The number of amides is 2. The standard InChI is InChI=1S/C30H26N2O4/c1-20-9-11-23(12-10-20)19-36-27-14-13-24(16-28(27)35-3)15-25-21(2)26(17-31)30(34)32(29(25)33)18-22-7-5-4-6-8-22/h4-16H,18-19H2,1-3H3/b25-15+. The summed E-state index contributed by atoms with van der Waals surface area (Å²) in [6, 6.07) is 24.6. The Morgan fingerprint density at radius 3 is 2.28 bits per heavy atom. The summed E-state index contributed by atoms with van der Waals surface area (Å²) in [5.74, 6) is 0.0533. The molecular weight excluding hydrogens is 452 g/mol. The smallest absolute Gasteiger partial charge is 0.271 e. The van der Waals surface area contributed by atoms with Crippen LogP contribution in [0.4, 0.5) is 0 Å². The predicted molar refractivity (Wildman–Crippen MR) is 137 cm³/mol. The second-order valence-corrected chi connectivity index (χ2v) is 8.54. The minimum Gasteiger partial charge on any atom is -0.493 e. The number of hydrogen-bond donors (Lipinski definition) is 0. The summed E-state index contributed by atoms with van der Waals surface area (Å²) >= 11 is 0. The van der Waals surface area contributed by atoms with Gasteiger partial charge in [0.15, 0.2) is 11.5 Å². The zero-order valence-electron chi connectivity index (χ0n) is 20.4. The van der Waals surface area contributed by atoms with Crippen LogP contribution in [0.5, 0.6) is 11.5 Å². The summed E-state index contributed by atoms with van der Waals surface area (Å²) in [7, 11) is 1.55. The monoisotopic (exact) mass is 478 g/mol. The van der Waals surface area contributed by atoms with Gasteiger partial charge in [-0.2, -0.15) is 5.26 Å². The molecule has 2 amide bonds. The Morgan fingerprint density at radius 1 is 0.889 bits per heavy atom. The molecule has 0 fully saturated rings. The van der Waals surface area contributed by atoms with Gasteiger partial charge in [0.2, 0.25) is 0 Å². The molecule has 3 aromatic carbocycles. The van der Waals surface area contributed by atoms with Gasteiger partial charge in [-0.25, -0.2) is 0 Å². The van der Waals surface area contributed by atoms with Gasteiger partial charge in [0.25, 0.3) is 11.8 Å². The van der Waals surface area contributed by atoms with Gasteiger partial charge in [0, 0.05) is 5.57 Å². The van der Waals surface area contributed by atoms with Crippen LogP contribution in [0.1, 0.15) is 29.2 Å². The highest BCUT2D eigenvalue weighted by Crippen LogP contribution is 2.32. The van der Waals surface area contributed by atoms with E-state index in [0.717, 1.165) is 16.0 Å². The molecule has 0 unspecified atom stereocenters. The van der Waals surface area contributed by atoms with Crippen LogP contribution in [0, 0.1) is 18.3 Å². The van der Waals surface area contributed by atoms with E-state index in [0.29, 0.717) is 29.2 Å². The van der Waals surface area contributed by atoms with Crippen LogP contribution in [0.25, 0.3) is 6.08 Å². The first kappa shape index (κ1) is 24.5. The Hall–Kier alpha value is -4.63. The van der Waals surface area contributed by atoms with Crippen LogP contribution < -0.4 is 9.47 Å². The average molecular weight is 479 g/mol. The zero-order chi connectivity index (χ0) is 25.7. The third-order valence-electron chi connectivity index (χ3n) is 6.02. The van der Waals surface area contributed by atoms with E-state index in [2.05, 4.69) is 0 Å². The Morgan fingerprint density at radius 2 is 1.61 bits per heavy atom. The van der Waals surface area contributed by atoms with Crippen molar-refractivity contribution in [3.8, 4) is 17.6 Å². The topological polar surface area (TPSA) is 79.6 Å². The van der Waals surface area contributed by atoms with Crippen molar-refractivity contribution in [3.63, 3.8) is 0 Å². The molecule has 6 heteroatoms. The van der Waals surface area contributed by atoms with Gasteiger partial charge >= 0.3 is 0 Å². The summed E-state index contributed by atoms with van der Waals surface area (Å²) in [4.78, 5) is 27.4. The van der Waals surface area contributed by atoms with Crippen molar-refractivity contribution in [3.05, 3.63) is 112 Å². The molecule has 1 aliphatic heterocycles. The van der Waals surface area contributed by atoms with Gasteiger partial charge in [-0.05, 0) is 54.3 Å². The van der Waals surface area contributed by atoms with E-state index in [-0.39, 0.29) is 17.7 Å². The van der Waals surface area contributed by atoms with Crippen molar-refractivity contribution in [2.75, 3.05) is 7.11 Å². The predicted octanol–water partition coefficient (Wildman–Crippen LogP) is 5.38. The maximum Gasteiger partial charge on any atom is 0.271 e. The Balaban J connectivity index is 1.63. The number of carbonyl (C=O) groups excluding carboxylic acids is 2. The van der Waals surface area contributed by atoms with Crippen LogP contribution in [0.3, 0.4) is 0 Å². The van der Waals surface area contributed by atoms with E-state index in [1.807, 2.05) is 73.7 Å². The molecule has 0 bridgehead atoms. The quantitative estimate of drug-likeness (QED) is 0.337. The van der Waals surface area contributed by atoms with E-state index < -0.39 is 11.8 Å². The van der Waals surface area contributed by atoms with Gasteiger partial charge < -0.3 is 9.47 Å². The molecule has 0 spiro atoms. The van der Waals surface area contributed by atoms with Crippen LogP contribution >= 0.6 is 0 Å². The molecule has 1 heterocycles. The van der Waals surface area contributed by atoms with E-state index >= 15 is 0 Å². The Labute approximate surface area is 210 Å². The fourth-order valence-corrected chi connectivity index (χ4v) is 3.94. The first-order valence-corrected chi connectivity index (χ1v) is 11.5. The maximum absolute atomic E-state index is 13.4. The third kappa shape index (κ3) is 5.21. The molecule has 0 aromatic heterocycles. The Bertz CT molecular complexity index is 1400. The number of nitriles is 1. The SMILES string of the molecule is COc1cc(/C=C2/C(=O)N(Cc3ccccc3)C(=O)C(C#N)=C2C)ccc1OCc1ccc(C)cc1. The number of carbonyl (C=O) groups is 2. The molecule has 0 N–H and O–H groups in total. The normalized spacial score (nSPS) is 14.7. The molecule has 0 saturated carbocycles. The number of ether oxygens (including phenoxy) is 2. The molecule has 0 aliphatic carbocycles. The number of aryl methyl sites for hydroxylation is 1. The Kier molecular flexibility index (Phi) is 7.31. The second kappa shape index (κ2) is 10.7. The largest absolute Gasteiger partial charge is 0.493 e. The number of benzene rings is 3. The molecule has 0 atom stereocenters.